The summed E-state index contributed by atoms with van der Waals surface area (Å²) in [6.45, 7) is 7.31. The summed E-state index contributed by atoms with van der Waals surface area (Å²) in [4.78, 5) is 127. The number of ether oxygens (including phenoxy) is 12. The number of esters is 8. The molecule has 2 amide bonds. The lowest BCUT2D eigenvalue weighted by Gasteiger charge is -2.44. The van der Waals surface area contributed by atoms with Crippen molar-refractivity contribution in [2.75, 3.05) is 32.1 Å². The number of benzene rings is 4. The van der Waals surface area contributed by atoms with Crippen molar-refractivity contribution in [2.45, 2.75) is 134 Å². The maximum Gasteiger partial charge on any atom is 0.303 e. The van der Waals surface area contributed by atoms with Gasteiger partial charge in [0.1, 0.15) is 37.2 Å². The second-order valence-corrected chi connectivity index (χ2v) is 20.7. The molecule has 2 fully saturated rings. The number of carbonyl (C=O) groups is 10. The summed E-state index contributed by atoms with van der Waals surface area (Å²) >= 11 is 1.40. The molecule has 11 atom stereocenters. The van der Waals surface area contributed by atoms with Crippen molar-refractivity contribution in [3.63, 3.8) is 0 Å². The third-order valence-electron chi connectivity index (χ3n) is 12.8. The molecule has 6 rings (SSSR count). The van der Waals surface area contributed by atoms with Crippen molar-refractivity contribution in [2.24, 2.45) is 0 Å². The number of carbonyl (C=O) groups excluding carboxylic acids is 10. The first-order chi connectivity index (χ1) is 40.5. The Balaban J connectivity index is 1.26. The number of hydrogen-bond acceptors (Lipinski definition) is 23. The number of thioether (sulfide) groups is 1. The van der Waals surface area contributed by atoms with E-state index in [2.05, 4.69) is 10.6 Å². The van der Waals surface area contributed by atoms with Crippen LogP contribution in [0.2, 0.25) is 0 Å². The van der Waals surface area contributed by atoms with E-state index in [1.54, 1.807) is 12.1 Å². The van der Waals surface area contributed by atoms with Crippen molar-refractivity contribution >= 4 is 71.3 Å². The molecule has 0 bridgehead atoms. The molecule has 0 aliphatic carbocycles. The number of hydrogen-bond donors (Lipinski definition) is 2. The average Bonchev–Trinajstić information content (AvgIpc) is 2.18. The summed E-state index contributed by atoms with van der Waals surface area (Å²) in [6, 6.07) is 33.9. The third-order valence-corrected chi connectivity index (χ3v) is 14.4. The van der Waals surface area contributed by atoms with Crippen LogP contribution in [0.25, 0.3) is 0 Å². The highest BCUT2D eigenvalue weighted by Gasteiger charge is 2.55. The maximum absolute atomic E-state index is 14.6. The van der Waals surface area contributed by atoms with Crippen LogP contribution in [0.1, 0.15) is 77.6 Å². The van der Waals surface area contributed by atoms with E-state index in [0.717, 1.165) is 72.1 Å². The Morgan fingerprint density at radius 2 is 0.871 bits per heavy atom. The largest absolute Gasteiger partial charge is 0.463 e. The molecule has 25 heteroatoms. The fraction of sp³-hybridized carbons (Fsp3) is 0.433. The van der Waals surface area contributed by atoms with Crippen molar-refractivity contribution in [1.29, 1.82) is 0 Å². The van der Waals surface area contributed by atoms with Gasteiger partial charge in [-0.15, -0.1) is 11.8 Å². The molecule has 0 spiro atoms. The van der Waals surface area contributed by atoms with E-state index in [1.165, 1.54) is 23.9 Å². The molecule has 0 aromatic heterocycles. The molecule has 2 saturated heterocycles. The van der Waals surface area contributed by atoms with Gasteiger partial charge in [-0.05, 0) is 34.4 Å². The van der Waals surface area contributed by atoms with Crippen molar-refractivity contribution < 1.29 is 105 Å². The minimum Gasteiger partial charge on any atom is -0.463 e. The van der Waals surface area contributed by atoms with Crippen LogP contribution >= 0.6 is 11.8 Å². The Labute approximate surface area is 494 Å². The fourth-order valence-corrected chi connectivity index (χ4v) is 11.0. The van der Waals surface area contributed by atoms with Gasteiger partial charge in [0, 0.05) is 67.7 Å². The minimum atomic E-state index is -1.53. The predicted octanol–water partition coefficient (Wildman–Crippen LogP) is 4.12. The van der Waals surface area contributed by atoms with Crippen LogP contribution in [0.3, 0.4) is 0 Å². The molecule has 2 aliphatic rings. The molecule has 4 aromatic carbocycles. The Bertz CT molecular complexity index is 2850. The van der Waals surface area contributed by atoms with E-state index in [0.29, 0.717) is 5.56 Å². The summed E-state index contributed by atoms with van der Waals surface area (Å²) in [7, 11) is 0. The smallest absolute Gasteiger partial charge is 0.303 e. The zero-order chi connectivity index (χ0) is 61.8. The van der Waals surface area contributed by atoms with Crippen molar-refractivity contribution in [3.05, 3.63) is 138 Å². The fourth-order valence-electron chi connectivity index (χ4n) is 9.49. The Hall–Kier alpha value is -8.39. The Morgan fingerprint density at radius 1 is 0.482 bits per heavy atom. The van der Waals surface area contributed by atoms with Crippen LogP contribution in [0.15, 0.2) is 115 Å². The summed E-state index contributed by atoms with van der Waals surface area (Å²) < 4.78 is 66.7. The summed E-state index contributed by atoms with van der Waals surface area (Å²) in [5.41, 5.74) is 3.09. The molecule has 0 saturated carbocycles. The number of nitrogens with one attached hydrogen (secondary N) is 2. The molecule has 2 aliphatic heterocycles. The average molecular weight is 1200 g/mol. The Morgan fingerprint density at radius 3 is 1.28 bits per heavy atom. The maximum atomic E-state index is 14.6. The second-order valence-electron chi connectivity index (χ2n) is 19.4. The van der Waals surface area contributed by atoms with E-state index < -0.39 is 145 Å². The topological polar surface area (TPSA) is 306 Å². The highest BCUT2D eigenvalue weighted by molar-refractivity contribution is 8.00. The molecule has 456 valence electrons. The molecule has 24 nitrogen and oxygen atoms in total. The van der Waals surface area contributed by atoms with Crippen LogP contribution < -0.4 is 15.4 Å². The first-order valence-corrected chi connectivity index (χ1v) is 27.9. The van der Waals surface area contributed by atoms with E-state index >= 15 is 0 Å². The van der Waals surface area contributed by atoms with Crippen LogP contribution in [-0.4, -0.2) is 159 Å². The number of amides is 2. The molecular formula is C60H68N2O22S. The van der Waals surface area contributed by atoms with Crippen molar-refractivity contribution in [3.8, 4) is 5.75 Å². The quantitative estimate of drug-likeness (QED) is 0.0387. The van der Waals surface area contributed by atoms with Crippen molar-refractivity contribution in [1.82, 2.24) is 10.6 Å². The SMILES string of the molecule is CC(=O)OC[C@H]1O[C@H](OCCNC(=O)[C@H](CSC(c2ccccc2)(c2ccccc2)c2ccccc2)NC(=O)Cc2ccc(O[C@H]3O[C@H](COC(C)=O)[C@@H](OC(C)=O)[C@H](OC(C)=O)[C@@H]3OC(C)=O)cc2)[C@@H](OC(C)=O)[C@@H](OC(C)=O)[C@@H]1OC(C)=O. The monoisotopic (exact) mass is 1200 g/mol. The molecule has 0 radical (unpaired) electrons. The van der Waals surface area contributed by atoms with Gasteiger partial charge in [-0.3, -0.25) is 47.9 Å². The lowest BCUT2D eigenvalue weighted by atomic mass is 9.84. The molecule has 0 unspecified atom stereocenters. The van der Waals surface area contributed by atoms with Gasteiger partial charge in [0.25, 0.3) is 0 Å². The number of rotatable bonds is 26. The standard InChI is InChI=1S/C60H68N2O22S/c1-34(63)74-31-48-51(76-36(3)65)53(78-38(5)67)55(80-40(7)69)58(83-48)73-29-28-61-57(72)47(33-85-60(43-18-12-9-13-19-43,44-20-14-10-15-21-44)45-22-16-11-17-23-45)62-50(71)30-42-24-26-46(27-25-42)82-59-56(81-41(8)70)54(79-39(6)68)52(77-37(4)66)49(84-59)32-75-35(2)64/h9-27,47-49,51-56,58-59H,28-33H2,1-8H3,(H,61,72)(H,62,71)/t47-,48+,49+,51+,52+,53-,54-,55-,56-,58-,59-/m0/s1. The van der Waals surface area contributed by atoms with Gasteiger partial charge in [-0.25, -0.2) is 0 Å². The lowest BCUT2D eigenvalue weighted by Crippen LogP contribution is -2.63. The van der Waals surface area contributed by atoms with Gasteiger partial charge in [-0.2, -0.15) is 0 Å². The lowest BCUT2D eigenvalue weighted by molar-refractivity contribution is -0.307. The molecule has 2 N–H and O–H groups in total. The summed E-state index contributed by atoms with van der Waals surface area (Å²) in [5.74, 6) is -7.47. The van der Waals surface area contributed by atoms with E-state index in [9.17, 15) is 47.9 Å². The summed E-state index contributed by atoms with van der Waals surface area (Å²) in [5, 5.41) is 5.73. The van der Waals surface area contributed by atoms with Gasteiger partial charge >= 0.3 is 47.8 Å². The first-order valence-electron chi connectivity index (χ1n) is 26.9. The third kappa shape index (κ3) is 19.1. The highest BCUT2D eigenvalue weighted by atomic mass is 32.2. The normalized spacial score (nSPS) is 22.1. The van der Waals surface area contributed by atoms with Gasteiger partial charge in [0.2, 0.25) is 24.2 Å². The van der Waals surface area contributed by atoms with Crippen LogP contribution in [0, 0.1) is 0 Å². The highest BCUT2D eigenvalue weighted by Crippen LogP contribution is 2.48. The van der Waals surface area contributed by atoms with Gasteiger partial charge in [0.15, 0.2) is 36.8 Å². The predicted molar refractivity (Wildman–Crippen MR) is 297 cm³/mol. The Kier molecular flexibility index (Phi) is 24.4. The summed E-state index contributed by atoms with van der Waals surface area (Å²) in [6.07, 6.45) is -14.7. The zero-order valence-corrected chi connectivity index (χ0v) is 48.8. The van der Waals surface area contributed by atoms with Crippen LogP contribution in [0.4, 0.5) is 0 Å². The van der Waals surface area contributed by atoms with Gasteiger partial charge in [0.05, 0.1) is 17.8 Å². The zero-order valence-electron chi connectivity index (χ0n) is 48.0. The molecule has 85 heavy (non-hydrogen) atoms. The van der Waals surface area contributed by atoms with Gasteiger partial charge < -0.3 is 67.5 Å². The second kappa shape index (κ2) is 31.5. The van der Waals surface area contributed by atoms with Crippen LogP contribution in [0.5, 0.6) is 5.75 Å². The van der Waals surface area contributed by atoms with E-state index in [4.69, 9.17) is 56.8 Å². The van der Waals surface area contributed by atoms with Gasteiger partial charge in [-0.1, -0.05) is 103 Å². The van der Waals surface area contributed by atoms with Crippen LogP contribution in [-0.2, 0) is 111 Å². The molecule has 4 aromatic rings. The van der Waals surface area contributed by atoms with E-state index in [1.807, 2.05) is 91.0 Å². The molecular weight excluding hydrogens is 1130 g/mol. The minimum absolute atomic E-state index is 0.0143. The first kappa shape index (κ1) is 65.8. The van der Waals surface area contributed by atoms with E-state index in [-0.39, 0.29) is 31.1 Å². The molecule has 2 heterocycles.